The van der Waals surface area contributed by atoms with Gasteiger partial charge in [-0.25, -0.2) is 0 Å². The van der Waals surface area contributed by atoms with E-state index in [1.165, 1.54) is 0 Å². The zero-order chi connectivity index (χ0) is 9.61. The maximum Gasteiger partial charge on any atom is 0.355 e. The first kappa shape index (κ1) is 11.9. The van der Waals surface area contributed by atoms with E-state index in [9.17, 15) is 8.42 Å². The lowest BCUT2D eigenvalue weighted by Crippen LogP contribution is -2.07. The van der Waals surface area contributed by atoms with Crippen molar-refractivity contribution in [2.45, 2.75) is 6.92 Å². The quantitative estimate of drug-likeness (QED) is 0.377. The van der Waals surface area contributed by atoms with E-state index in [0.29, 0.717) is 6.61 Å². The van der Waals surface area contributed by atoms with Crippen LogP contribution in [0.1, 0.15) is 6.92 Å². The lowest BCUT2D eigenvalue weighted by molar-refractivity contribution is 0.120. The maximum atomic E-state index is 10.2. The highest BCUT2D eigenvalue weighted by molar-refractivity contribution is 8.09. The first-order chi connectivity index (χ1) is 5.42. The second-order valence-electron chi connectivity index (χ2n) is 2.22. The van der Waals surface area contributed by atoms with Crippen LogP contribution in [0.3, 0.4) is 0 Å². The van der Waals surface area contributed by atoms with Crippen LogP contribution in [-0.2, 0) is 18.3 Å². The van der Waals surface area contributed by atoms with E-state index in [0.717, 1.165) is 5.57 Å². The highest BCUT2D eigenvalue weighted by Gasteiger charge is 2.03. The van der Waals surface area contributed by atoms with Crippen molar-refractivity contribution in [3.63, 3.8) is 0 Å². The van der Waals surface area contributed by atoms with Crippen LogP contribution in [0, 0.1) is 0 Å². The van der Waals surface area contributed by atoms with Gasteiger partial charge < -0.3 is 4.74 Å². The zero-order valence-electron chi connectivity index (χ0n) is 6.75. The molecule has 0 N–H and O–H groups in total. The second-order valence-corrected chi connectivity index (χ2v) is 4.38. The molecule has 0 aliphatic heterocycles. The average Bonchev–Trinajstić information content (AvgIpc) is 1.83. The van der Waals surface area contributed by atoms with Gasteiger partial charge in [0, 0.05) is 10.7 Å². The van der Waals surface area contributed by atoms with Crippen LogP contribution in [0.25, 0.3) is 0 Å². The van der Waals surface area contributed by atoms with Crippen molar-refractivity contribution in [3.8, 4) is 0 Å². The maximum absolute atomic E-state index is 10.2. The van der Waals surface area contributed by atoms with Crippen LogP contribution < -0.4 is 0 Å². The Labute approximate surface area is 76.7 Å². The van der Waals surface area contributed by atoms with E-state index < -0.39 is 9.33 Å². The fourth-order valence-electron chi connectivity index (χ4n) is 0.439. The van der Waals surface area contributed by atoms with Gasteiger partial charge >= 0.3 is 9.33 Å². The fourth-order valence-corrected chi connectivity index (χ4v) is 0.895. The Morgan fingerprint density at radius 3 is 2.50 bits per heavy atom. The molecular weight excluding hydrogens is 204 g/mol. The molecule has 0 spiro atoms. The van der Waals surface area contributed by atoms with E-state index in [1.807, 2.05) is 0 Å². The molecule has 0 unspecified atom stereocenters. The Balaban J connectivity index is 3.29. The normalized spacial score (nSPS) is 11.5. The molecular formula is C6H11ClO4S. The largest absolute Gasteiger partial charge is 0.375 e. The number of halogens is 1. The smallest absolute Gasteiger partial charge is 0.355 e. The second kappa shape index (κ2) is 5.53. The molecule has 0 atom stereocenters. The minimum atomic E-state index is -3.86. The molecule has 12 heavy (non-hydrogen) atoms. The molecule has 0 aliphatic rings. The summed E-state index contributed by atoms with van der Waals surface area (Å²) in [6.07, 6.45) is 0. The first-order valence-electron chi connectivity index (χ1n) is 3.23. The van der Waals surface area contributed by atoms with Gasteiger partial charge in [-0.15, -0.1) is 0 Å². The Morgan fingerprint density at radius 2 is 2.08 bits per heavy atom. The monoisotopic (exact) mass is 214 g/mol. The lowest BCUT2D eigenvalue weighted by atomic mass is 10.4. The third kappa shape index (κ3) is 9.90. The van der Waals surface area contributed by atoms with Gasteiger partial charge in [0.05, 0.1) is 19.8 Å². The minimum Gasteiger partial charge on any atom is -0.375 e. The average molecular weight is 215 g/mol. The molecule has 0 aromatic rings. The molecule has 0 saturated heterocycles. The van der Waals surface area contributed by atoms with Crippen molar-refractivity contribution in [1.29, 1.82) is 0 Å². The van der Waals surface area contributed by atoms with Gasteiger partial charge in [-0.05, 0) is 6.92 Å². The van der Waals surface area contributed by atoms with E-state index in [2.05, 4.69) is 10.8 Å². The molecule has 4 nitrogen and oxygen atoms in total. The van der Waals surface area contributed by atoms with Crippen LogP contribution in [0.2, 0.25) is 0 Å². The molecule has 0 heterocycles. The summed E-state index contributed by atoms with van der Waals surface area (Å²) in [7, 11) is 0.896. The summed E-state index contributed by atoms with van der Waals surface area (Å²) < 4.78 is 29.5. The van der Waals surface area contributed by atoms with Gasteiger partial charge in [0.1, 0.15) is 0 Å². The molecule has 72 valence electrons. The summed E-state index contributed by atoms with van der Waals surface area (Å²) >= 11 is 0. The SMILES string of the molecule is C=C(C)COCCOS(=O)(=O)Cl. The summed E-state index contributed by atoms with van der Waals surface area (Å²) in [5.41, 5.74) is 0.865. The minimum absolute atomic E-state index is 0.0703. The summed E-state index contributed by atoms with van der Waals surface area (Å²) in [5, 5.41) is 0. The Kier molecular flexibility index (Phi) is 5.48. The predicted octanol–water partition coefficient (Wildman–Crippen LogP) is 1.08. The van der Waals surface area contributed by atoms with Gasteiger partial charge in [0.25, 0.3) is 0 Å². The number of hydrogen-bond donors (Lipinski definition) is 0. The summed E-state index contributed by atoms with van der Waals surface area (Å²) in [4.78, 5) is 0. The van der Waals surface area contributed by atoms with Crippen molar-refractivity contribution in [3.05, 3.63) is 12.2 Å². The van der Waals surface area contributed by atoms with Crippen LogP contribution in [0.15, 0.2) is 12.2 Å². The third-order valence-corrected chi connectivity index (χ3v) is 1.52. The van der Waals surface area contributed by atoms with Crippen LogP contribution in [0.5, 0.6) is 0 Å². The predicted molar refractivity (Wildman–Crippen MR) is 46.4 cm³/mol. The van der Waals surface area contributed by atoms with Crippen LogP contribution in [0.4, 0.5) is 0 Å². The molecule has 0 aromatic heterocycles. The number of hydrogen-bond acceptors (Lipinski definition) is 4. The Morgan fingerprint density at radius 1 is 1.50 bits per heavy atom. The van der Waals surface area contributed by atoms with Gasteiger partial charge in [-0.1, -0.05) is 12.2 Å². The van der Waals surface area contributed by atoms with Crippen molar-refractivity contribution < 1.29 is 17.3 Å². The third-order valence-electron chi connectivity index (χ3n) is 0.800. The molecule has 6 heteroatoms. The molecule has 0 rings (SSSR count). The lowest BCUT2D eigenvalue weighted by Gasteiger charge is -2.01. The van der Waals surface area contributed by atoms with E-state index >= 15 is 0 Å². The molecule has 0 aromatic carbocycles. The van der Waals surface area contributed by atoms with Crippen LogP contribution >= 0.6 is 10.7 Å². The van der Waals surface area contributed by atoms with E-state index in [4.69, 9.17) is 15.4 Å². The highest BCUT2D eigenvalue weighted by atomic mass is 35.7. The first-order valence-corrected chi connectivity index (χ1v) is 5.46. The topological polar surface area (TPSA) is 52.6 Å². The molecule has 0 bridgehead atoms. The van der Waals surface area contributed by atoms with Crippen LogP contribution in [-0.4, -0.2) is 28.2 Å². The molecule has 0 saturated carbocycles. The molecule has 0 amide bonds. The Hall–Kier alpha value is -0.100. The van der Waals surface area contributed by atoms with Gasteiger partial charge in [0.2, 0.25) is 0 Å². The van der Waals surface area contributed by atoms with Crippen molar-refractivity contribution >= 4 is 20.0 Å². The fraction of sp³-hybridized carbons (Fsp3) is 0.667. The van der Waals surface area contributed by atoms with E-state index in [1.54, 1.807) is 6.92 Å². The summed E-state index contributed by atoms with van der Waals surface area (Å²) in [6, 6.07) is 0. The number of ether oxygens (including phenoxy) is 1. The van der Waals surface area contributed by atoms with Crippen molar-refractivity contribution in [2.75, 3.05) is 19.8 Å². The van der Waals surface area contributed by atoms with Gasteiger partial charge in [-0.2, -0.15) is 8.42 Å². The van der Waals surface area contributed by atoms with E-state index in [-0.39, 0.29) is 13.2 Å². The molecule has 0 fully saturated rings. The highest BCUT2D eigenvalue weighted by Crippen LogP contribution is 1.97. The molecule has 0 aliphatic carbocycles. The summed E-state index contributed by atoms with van der Waals surface area (Å²) in [5.74, 6) is 0. The van der Waals surface area contributed by atoms with Crippen molar-refractivity contribution in [1.82, 2.24) is 0 Å². The standard InChI is InChI=1S/C6H11ClO4S/c1-6(2)5-10-3-4-11-12(7,8)9/h1,3-5H2,2H3. The molecule has 0 radical (unpaired) electrons. The summed E-state index contributed by atoms with van der Waals surface area (Å²) in [6.45, 7) is 5.90. The zero-order valence-corrected chi connectivity index (χ0v) is 8.32. The van der Waals surface area contributed by atoms with Gasteiger partial charge in [-0.3, -0.25) is 4.18 Å². The van der Waals surface area contributed by atoms with Gasteiger partial charge in [0.15, 0.2) is 0 Å². The van der Waals surface area contributed by atoms with Crippen molar-refractivity contribution in [2.24, 2.45) is 0 Å². The number of rotatable bonds is 6. The Bertz CT molecular complexity index is 234.